The van der Waals surface area contributed by atoms with E-state index in [1.807, 2.05) is 42.5 Å². The molecule has 0 bridgehead atoms. The first kappa shape index (κ1) is 14.5. The number of aliphatic hydroxyl groups excluding tert-OH is 1. The lowest BCUT2D eigenvalue weighted by atomic mass is 10.1. The summed E-state index contributed by atoms with van der Waals surface area (Å²) in [5.74, 6) is 1.13. The maximum atomic E-state index is 9.52. The van der Waals surface area contributed by atoms with Crippen LogP contribution < -0.4 is 4.74 Å². The van der Waals surface area contributed by atoms with E-state index in [1.165, 1.54) is 0 Å². The van der Waals surface area contributed by atoms with Crippen LogP contribution in [0.15, 0.2) is 57.5 Å². The Balaban J connectivity index is 2.04. The zero-order valence-corrected chi connectivity index (χ0v) is 14.1. The van der Waals surface area contributed by atoms with Crippen molar-refractivity contribution in [2.45, 2.75) is 6.61 Å². The molecule has 5 heteroatoms. The van der Waals surface area contributed by atoms with Crippen molar-refractivity contribution < 1.29 is 9.84 Å². The van der Waals surface area contributed by atoms with Gasteiger partial charge in [0.15, 0.2) is 0 Å². The quantitative estimate of drug-likeness (QED) is 0.659. The highest BCUT2D eigenvalue weighted by molar-refractivity contribution is 9.11. The summed E-state index contributed by atoms with van der Waals surface area (Å²) in [6, 6.07) is 15.1. The van der Waals surface area contributed by atoms with E-state index >= 15 is 0 Å². The van der Waals surface area contributed by atoms with Crippen molar-refractivity contribution >= 4 is 42.8 Å². The topological polar surface area (TPSA) is 42.4 Å². The van der Waals surface area contributed by atoms with E-state index in [1.54, 1.807) is 6.07 Å². The molecule has 0 saturated carbocycles. The first-order valence-corrected chi connectivity index (χ1v) is 7.88. The first-order chi connectivity index (χ1) is 10.2. The van der Waals surface area contributed by atoms with Gasteiger partial charge in [0.25, 0.3) is 0 Å². The second kappa shape index (κ2) is 6.13. The maximum absolute atomic E-state index is 9.52. The average Bonchev–Trinajstić information content (AvgIpc) is 2.49. The molecule has 0 spiro atoms. The number of aliphatic hydroxyl groups is 1. The molecule has 0 atom stereocenters. The number of hydrogen-bond acceptors (Lipinski definition) is 3. The fraction of sp³-hybridized carbons (Fsp3) is 0.0625. The third-order valence-corrected chi connectivity index (χ3v) is 4.17. The Morgan fingerprint density at radius 3 is 2.62 bits per heavy atom. The van der Waals surface area contributed by atoms with Gasteiger partial charge in [0.2, 0.25) is 5.88 Å². The van der Waals surface area contributed by atoms with E-state index in [9.17, 15) is 5.11 Å². The molecular formula is C16H11Br2NO2. The minimum Gasteiger partial charge on any atom is -0.438 e. The third-order valence-electron chi connectivity index (χ3n) is 3.06. The van der Waals surface area contributed by atoms with E-state index in [2.05, 4.69) is 36.8 Å². The molecule has 3 rings (SSSR count). The van der Waals surface area contributed by atoms with Gasteiger partial charge in [-0.25, -0.2) is 4.98 Å². The van der Waals surface area contributed by atoms with Gasteiger partial charge in [0.05, 0.1) is 16.6 Å². The zero-order valence-electron chi connectivity index (χ0n) is 10.9. The van der Waals surface area contributed by atoms with Crippen molar-refractivity contribution in [2.24, 2.45) is 0 Å². The van der Waals surface area contributed by atoms with Gasteiger partial charge in [-0.3, -0.25) is 0 Å². The van der Waals surface area contributed by atoms with Crippen LogP contribution in [-0.2, 0) is 6.61 Å². The molecule has 3 aromatic rings. The standard InChI is InChI=1S/C16H11Br2NO2/c17-11-5-6-15(13(18)8-11)21-16-7-10(9-20)12-3-1-2-4-14(12)19-16/h1-8,20H,9H2. The number of ether oxygens (including phenoxy) is 1. The summed E-state index contributed by atoms with van der Waals surface area (Å²) in [6.07, 6.45) is 0. The van der Waals surface area contributed by atoms with Gasteiger partial charge in [-0.05, 0) is 45.8 Å². The third kappa shape index (κ3) is 3.10. The van der Waals surface area contributed by atoms with Crippen molar-refractivity contribution in [3.05, 3.63) is 63.0 Å². The van der Waals surface area contributed by atoms with Gasteiger partial charge >= 0.3 is 0 Å². The van der Waals surface area contributed by atoms with Crippen LogP contribution >= 0.6 is 31.9 Å². The second-order valence-electron chi connectivity index (χ2n) is 4.47. The minimum absolute atomic E-state index is 0.0547. The fourth-order valence-electron chi connectivity index (χ4n) is 2.07. The van der Waals surface area contributed by atoms with Gasteiger partial charge in [-0.15, -0.1) is 0 Å². The monoisotopic (exact) mass is 407 g/mol. The highest BCUT2D eigenvalue weighted by Gasteiger charge is 2.08. The number of pyridine rings is 1. The summed E-state index contributed by atoms with van der Waals surface area (Å²) in [4.78, 5) is 4.48. The Labute approximate surface area is 138 Å². The number of halogens is 2. The smallest absolute Gasteiger partial charge is 0.220 e. The van der Waals surface area contributed by atoms with Crippen LogP contribution in [0, 0.1) is 0 Å². The maximum Gasteiger partial charge on any atom is 0.220 e. The number of hydrogen-bond donors (Lipinski definition) is 1. The van der Waals surface area contributed by atoms with E-state index in [4.69, 9.17) is 4.74 Å². The predicted molar refractivity (Wildman–Crippen MR) is 89.6 cm³/mol. The number of rotatable bonds is 3. The number of aromatic nitrogens is 1. The Kier molecular flexibility index (Phi) is 4.24. The molecule has 1 heterocycles. The molecule has 0 saturated heterocycles. The highest BCUT2D eigenvalue weighted by atomic mass is 79.9. The fourth-order valence-corrected chi connectivity index (χ4v) is 3.20. The largest absolute Gasteiger partial charge is 0.438 e. The molecule has 0 unspecified atom stereocenters. The minimum atomic E-state index is -0.0547. The van der Waals surface area contributed by atoms with Gasteiger partial charge in [0.1, 0.15) is 5.75 Å². The van der Waals surface area contributed by atoms with Gasteiger partial charge in [0, 0.05) is 15.9 Å². The lowest BCUT2D eigenvalue weighted by Crippen LogP contribution is -1.94. The normalized spacial score (nSPS) is 10.8. The first-order valence-electron chi connectivity index (χ1n) is 6.30. The predicted octanol–water partition coefficient (Wildman–Crippen LogP) is 5.04. The van der Waals surface area contributed by atoms with Gasteiger partial charge in [-0.2, -0.15) is 0 Å². The molecule has 0 fully saturated rings. The van der Waals surface area contributed by atoms with Crippen molar-refractivity contribution in [3.63, 3.8) is 0 Å². The lowest BCUT2D eigenvalue weighted by Gasteiger charge is -2.10. The SMILES string of the molecule is OCc1cc(Oc2ccc(Br)cc2Br)nc2ccccc12. The Bertz CT molecular complexity index is 805. The Hall–Kier alpha value is -1.43. The van der Waals surface area contributed by atoms with Crippen LogP contribution in [0.4, 0.5) is 0 Å². The summed E-state index contributed by atoms with van der Waals surface area (Å²) in [7, 11) is 0. The average molecular weight is 409 g/mol. The molecular weight excluding hydrogens is 398 g/mol. The second-order valence-corrected chi connectivity index (χ2v) is 6.24. The molecule has 3 nitrogen and oxygen atoms in total. The van der Waals surface area contributed by atoms with Crippen LogP contribution in [0.1, 0.15) is 5.56 Å². The molecule has 1 aromatic heterocycles. The number of nitrogens with zero attached hydrogens (tertiary/aromatic N) is 1. The lowest BCUT2D eigenvalue weighted by molar-refractivity contribution is 0.282. The zero-order chi connectivity index (χ0) is 14.8. The Morgan fingerprint density at radius 1 is 1.05 bits per heavy atom. The summed E-state index contributed by atoms with van der Waals surface area (Å²) in [5.41, 5.74) is 1.59. The molecule has 0 aliphatic rings. The summed E-state index contributed by atoms with van der Waals surface area (Å²) >= 11 is 6.86. The van der Waals surface area contributed by atoms with E-state index in [0.717, 1.165) is 25.4 Å². The molecule has 21 heavy (non-hydrogen) atoms. The number of para-hydroxylation sites is 1. The van der Waals surface area contributed by atoms with Crippen LogP contribution in [0.5, 0.6) is 11.6 Å². The Morgan fingerprint density at radius 2 is 1.86 bits per heavy atom. The summed E-state index contributed by atoms with van der Waals surface area (Å²) in [6.45, 7) is -0.0547. The summed E-state index contributed by atoms with van der Waals surface area (Å²) in [5, 5.41) is 10.5. The van der Waals surface area contributed by atoms with Gasteiger partial charge in [-0.1, -0.05) is 34.1 Å². The van der Waals surface area contributed by atoms with Crippen LogP contribution in [0.2, 0.25) is 0 Å². The van der Waals surface area contributed by atoms with E-state index in [-0.39, 0.29) is 6.61 Å². The van der Waals surface area contributed by atoms with Crippen molar-refractivity contribution in [1.82, 2.24) is 4.98 Å². The van der Waals surface area contributed by atoms with Crippen LogP contribution in [-0.4, -0.2) is 10.1 Å². The number of benzene rings is 2. The van der Waals surface area contributed by atoms with Crippen LogP contribution in [0.25, 0.3) is 10.9 Å². The molecule has 0 aliphatic heterocycles. The van der Waals surface area contributed by atoms with Crippen molar-refractivity contribution in [1.29, 1.82) is 0 Å². The van der Waals surface area contributed by atoms with Crippen LogP contribution in [0.3, 0.4) is 0 Å². The van der Waals surface area contributed by atoms with E-state index in [0.29, 0.717) is 11.6 Å². The molecule has 0 amide bonds. The molecule has 106 valence electrons. The van der Waals surface area contributed by atoms with Crippen molar-refractivity contribution in [2.75, 3.05) is 0 Å². The summed E-state index contributed by atoms with van der Waals surface area (Å²) < 4.78 is 7.62. The number of fused-ring (bicyclic) bond motifs is 1. The highest BCUT2D eigenvalue weighted by Crippen LogP contribution is 2.32. The molecule has 0 radical (unpaired) electrons. The molecule has 0 aliphatic carbocycles. The molecule has 1 N–H and O–H groups in total. The van der Waals surface area contributed by atoms with Crippen molar-refractivity contribution in [3.8, 4) is 11.6 Å². The molecule has 2 aromatic carbocycles. The van der Waals surface area contributed by atoms with E-state index < -0.39 is 0 Å². The van der Waals surface area contributed by atoms with Gasteiger partial charge < -0.3 is 9.84 Å².